The van der Waals surface area contributed by atoms with E-state index in [1.165, 1.54) is 0 Å². The van der Waals surface area contributed by atoms with Crippen molar-refractivity contribution in [2.45, 2.75) is 45.6 Å². The largest absolute Gasteiger partial charge is 0.463 e. The normalized spacial score (nSPS) is 11.7. The number of carbonyl (C=O) groups excluding carboxylic acids is 2. The van der Waals surface area contributed by atoms with Gasteiger partial charge in [0.05, 0.1) is 12.7 Å². The molecule has 0 aliphatic heterocycles. The first kappa shape index (κ1) is 16.6. The van der Waals surface area contributed by atoms with Gasteiger partial charge in [0.1, 0.15) is 6.61 Å². The zero-order chi connectivity index (χ0) is 14.0. The van der Waals surface area contributed by atoms with Crippen LogP contribution in [-0.2, 0) is 19.1 Å². The number of aliphatic hydroxyl groups is 1. The van der Waals surface area contributed by atoms with Gasteiger partial charge in [0, 0.05) is 12.0 Å². The van der Waals surface area contributed by atoms with Crippen LogP contribution >= 0.6 is 0 Å². The minimum Gasteiger partial charge on any atom is -0.463 e. The van der Waals surface area contributed by atoms with E-state index < -0.39 is 12.1 Å². The predicted molar refractivity (Wildman–Crippen MR) is 66.9 cm³/mol. The Balaban J connectivity index is 3.53. The van der Waals surface area contributed by atoms with Gasteiger partial charge in [-0.25, -0.2) is 4.79 Å². The van der Waals surface area contributed by atoms with Crippen LogP contribution in [0.25, 0.3) is 0 Å². The number of hydrogen-bond donors (Lipinski definition) is 1. The fraction of sp³-hybridized carbons (Fsp3) is 0.692. The van der Waals surface area contributed by atoms with Crippen molar-refractivity contribution in [3.63, 3.8) is 0 Å². The summed E-state index contributed by atoms with van der Waals surface area (Å²) in [5.41, 5.74) is 0.351. The van der Waals surface area contributed by atoms with Crippen molar-refractivity contribution in [2.24, 2.45) is 0 Å². The highest BCUT2D eigenvalue weighted by Crippen LogP contribution is 2.01. The van der Waals surface area contributed by atoms with Crippen molar-refractivity contribution in [2.75, 3.05) is 13.2 Å². The summed E-state index contributed by atoms with van der Waals surface area (Å²) in [6.07, 6.45) is 1.32. The van der Waals surface area contributed by atoms with E-state index in [-0.39, 0.29) is 19.2 Å². The summed E-state index contributed by atoms with van der Waals surface area (Å²) in [6.45, 7) is 7.13. The quantitative estimate of drug-likeness (QED) is 0.386. The van der Waals surface area contributed by atoms with Crippen LogP contribution in [0.15, 0.2) is 12.2 Å². The number of esters is 2. The summed E-state index contributed by atoms with van der Waals surface area (Å²) in [6, 6.07) is 0. The van der Waals surface area contributed by atoms with Crippen LogP contribution in [-0.4, -0.2) is 36.4 Å². The maximum atomic E-state index is 11.0. The molecule has 0 bridgehead atoms. The number of rotatable bonds is 9. The van der Waals surface area contributed by atoms with Gasteiger partial charge in [-0.2, -0.15) is 0 Å². The number of ether oxygens (including phenoxy) is 2. The van der Waals surface area contributed by atoms with Crippen molar-refractivity contribution in [3.05, 3.63) is 12.2 Å². The SMILES string of the molecule is C=C(C)C(=O)OCCCC(O)COC(=O)CCC. The standard InChI is InChI=1S/C13H22O5/c1-4-6-12(15)18-9-11(14)7-5-8-17-13(16)10(2)3/h11,14H,2,4-9H2,1,3H3. The van der Waals surface area contributed by atoms with Crippen LogP contribution in [0, 0.1) is 0 Å². The fourth-order valence-corrected chi connectivity index (χ4v) is 1.16. The fourth-order valence-electron chi connectivity index (χ4n) is 1.16. The van der Waals surface area contributed by atoms with E-state index in [1.807, 2.05) is 6.92 Å². The Morgan fingerprint density at radius 2 is 2.00 bits per heavy atom. The molecule has 0 rings (SSSR count). The summed E-state index contributed by atoms with van der Waals surface area (Å²) in [5, 5.41) is 9.51. The van der Waals surface area contributed by atoms with Gasteiger partial charge in [-0.3, -0.25) is 4.79 Å². The molecule has 0 radical (unpaired) electrons. The van der Waals surface area contributed by atoms with Gasteiger partial charge in [0.15, 0.2) is 0 Å². The molecular weight excluding hydrogens is 236 g/mol. The highest BCUT2D eigenvalue weighted by Gasteiger charge is 2.09. The summed E-state index contributed by atoms with van der Waals surface area (Å²) in [4.78, 5) is 22.1. The van der Waals surface area contributed by atoms with E-state index in [0.717, 1.165) is 6.42 Å². The van der Waals surface area contributed by atoms with Gasteiger partial charge in [-0.1, -0.05) is 13.5 Å². The predicted octanol–water partition coefficient (Wildman–Crippen LogP) is 1.59. The van der Waals surface area contributed by atoms with Crippen molar-refractivity contribution in [1.29, 1.82) is 0 Å². The molecule has 104 valence electrons. The molecule has 5 nitrogen and oxygen atoms in total. The van der Waals surface area contributed by atoms with E-state index >= 15 is 0 Å². The molecule has 0 aromatic carbocycles. The highest BCUT2D eigenvalue weighted by molar-refractivity contribution is 5.86. The third-order valence-corrected chi connectivity index (χ3v) is 2.15. The van der Waals surface area contributed by atoms with Crippen LogP contribution < -0.4 is 0 Å². The Morgan fingerprint density at radius 3 is 2.56 bits per heavy atom. The molecule has 0 saturated carbocycles. The molecule has 0 saturated heterocycles. The Morgan fingerprint density at radius 1 is 1.33 bits per heavy atom. The molecule has 0 amide bonds. The first-order valence-electron chi connectivity index (χ1n) is 6.13. The molecule has 0 aromatic rings. The minimum absolute atomic E-state index is 0.00668. The zero-order valence-corrected chi connectivity index (χ0v) is 11.1. The van der Waals surface area contributed by atoms with Crippen LogP contribution in [0.5, 0.6) is 0 Å². The van der Waals surface area contributed by atoms with Crippen molar-refractivity contribution in [1.82, 2.24) is 0 Å². The second-order valence-electron chi connectivity index (χ2n) is 4.15. The second-order valence-corrected chi connectivity index (χ2v) is 4.15. The van der Waals surface area contributed by atoms with E-state index in [1.54, 1.807) is 6.92 Å². The van der Waals surface area contributed by atoms with Crippen molar-refractivity contribution >= 4 is 11.9 Å². The molecule has 5 heteroatoms. The Labute approximate surface area is 108 Å². The summed E-state index contributed by atoms with van der Waals surface area (Å²) >= 11 is 0. The zero-order valence-electron chi connectivity index (χ0n) is 11.1. The lowest BCUT2D eigenvalue weighted by molar-refractivity contribution is -0.146. The maximum Gasteiger partial charge on any atom is 0.333 e. The summed E-state index contributed by atoms with van der Waals surface area (Å²) in [7, 11) is 0. The molecule has 0 heterocycles. The van der Waals surface area contributed by atoms with Crippen LogP contribution in [0.2, 0.25) is 0 Å². The maximum absolute atomic E-state index is 11.0. The van der Waals surface area contributed by atoms with Crippen LogP contribution in [0.1, 0.15) is 39.5 Å². The number of aliphatic hydroxyl groups excluding tert-OH is 1. The van der Waals surface area contributed by atoms with E-state index in [9.17, 15) is 14.7 Å². The third-order valence-electron chi connectivity index (χ3n) is 2.15. The molecule has 1 unspecified atom stereocenters. The molecule has 0 fully saturated rings. The van der Waals surface area contributed by atoms with E-state index in [4.69, 9.17) is 9.47 Å². The molecule has 0 aliphatic carbocycles. The van der Waals surface area contributed by atoms with Crippen LogP contribution in [0.4, 0.5) is 0 Å². The average molecular weight is 258 g/mol. The smallest absolute Gasteiger partial charge is 0.333 e. The van der Waals surface area contributed by atoms with Gasteiger partial charge < -0.3 is 14.6 Å². The molecule has 1 atom stereocenters. The third kappa shape index (κ3) is 8.75. The summed E-state index contributed by atoms with van der Waals surface area (Å²) in [5.74, 6) is -0.732. The second kappa shape index (κ2) is 9.65. The lowest BCUT2D eigenvalue weighted by Gasteiger charge is -2.11. The van der Waals surface area contributed by atoms with Gasteiger partial charge in [-0.15, -0.1) is 0 Å². The van der Waals surface area contributed by atoms with E-state index in [0.29, 0.717) is 24.8 Å². The molecule has 0 aromatic heterocycles. The number of hydrogen-bond acceptors (Lipinski definition) is 5. The van der Waals surface area contributed by atoms with Crippen LogP contribution in [0.3, 0.4) is 0 Å². The van der Waals surface area contributed by atoms with Gasteiger partial charge in [-0.05, 0) is 26.2 Å². The molecule has 0 aliphatic rings. The Kier molecular flexibility index (Phi) is 8.92. The lowest BCUT2D eigenvalue weighted by Crippen LogP contribution is -2.19. The average Bonchev–Trinajstić information content (AvgIpc) is 2.32. The Bertz CT molecular complexity index is 285. The minimum atomic E-state index is -0.714. The molecule has 1 N–H and O–H groups in total. The first-order valence-corrected chi connectivity index (χ1v) is 6.13. The van der Waals surface area contributed by atoms with Gasteiger partial charge in [0.25, 0.3) is 0 Å². The van der Waals surface area contributed by atoms with Crippen molar-refractivity contribution in [3.8, 4) is 0 Å². The molecule has 18 heavy (non-hydrogen) atoms. The first-order chi connectivity index (χ1) is 8.47. The number of carbonyl (C=O) groups is 2. The van der Waals surface area contributed by atoms with Crippen molar-refractivity contribution < 1.29 is 24.2 Å². The van der Waals surface area contributed by atoms with E-state index in [2.05, 4.69) is 6.58 Å². The summed E-state index contributed by atoms with van der Waals surface area (Å²) < 4.78 is 9.71. The molecule has 0 spiro atoms. The molecular formula is C13H22O5. The monoisotopic (exact) mass is 258 g/mol. The van der Waals surface area contributed by atoms with Gasteiger partial charge >= 0.3 is 11.9 Å². The highest BCUT2D eigenvalue weighted by atomic mass is 16.5. The lowest BCUT2D eigenvalue weighted by atomic mass is 10.2. The van der Waals surface area contributed by atoms with Gasteiger partial charge in [0.2, 0.25) is 0 Å². The Hall–Kier alpha value is -1.36. The topological polar surface area (TPSA) is 72.8 Å².